The third-order valence-electron chi connectivity index (χ3n) is 6.72. The number of aromatic hydroxyl groups is 2. The molecule has 0 aromatic heterocycles. The average Bonchev–Trinajstić information content (AvgIpc) is 2.98. The molecule has 0 amide bonds. The lowest BCUT2D eigenvalue weighted by Gasteiger charge is -2.13. The number of nitro benzene ring substituents is 1. The number of nitrogens with two attached hydrogens (primary N) is 1. The van der Waals surface area contributed by atoms with Crippen molar-refractivity contribution in [1.82, 2.24) is 0 Å². The van der Waals surface area contributed by atoms with Gasteiger partial charge in [-0.15, -0.1) is 20.5 Å². The number of hydrogen-bond acceptors (Lipinski definition) is 15. The van der Waals surface area contributed by atoms with Gasteiger partial charge in [-0.1, -0.05) is 12.1 Å². The molecule has 0 fully saturated rings. The molecule has 0 bridgehead atoms. The van der Waals surface area contributed by atoms with E-state index in [0.717, 1.165) is 42.5 Å². The number of phenols is 2. The summed E-state index contributed by atoms with van der Waals surface area (Å²) in [6.45, 7) is 0. The first-order chi connectivity index (χ1) is 22.3. The van der Waals surface area contributed by atoms with Crippen LogP contribution in [0.15, 0.2) is 102 Å². The summed E-state index contributed by atoms with van der Waals surface area (Å²) in [6.07, 6.45) is 0. The minimum absolute atomic E-state index is 0.000333. The number of benzene rings is 5. The van der Waals surface area contributed by atoms with Crippen LogP contribution >= 0.6 is 0 Å². The molecule has 48 heavy (non-hydrogen) atoms. The fourth-order valence-electron chi connectivity index (χ4n) is 4.52. The summed E-state index contributed by atoms with van der Waals surface area (Å²) in [5, 5.41) is 46.9. The van der Waals surface area contributed by atoms with E-state index in [0.29, 0.717) is 6.07 Å². The Bertz CT molecular complexity index is 2610. The van der Waals surface area contributed by atoms with Crippen LogP contribution in [-0.2, 0) is 30.4 Å². The summed E-state index contributed by atoms with van der Waals surface area (Å²) in [4.78, 5) is 7.50. The number of nitro groups is 1. The molecule has 0 atom stereocenters. The zero-order valence-electron chi connectivity index (χ0n) is 23.4. The van der Waals surface area contributed by atoms with Crippen molar-refractivity contribution in [3.8, 4) is 11.5 Å². The molecular formula is C26H18N6O13S3. The van der Waals surface area contributed by atoms with Crippen molar-refractivity contribution in [3.05, 3.63) is 76.8 Å². The number of nitrogen functional groups attached to an aromatic ring is 1. The summed E-state index contributed by atoms with van der Waals surface area (Å²) in [7, 11) is -15.0. The van der Waals surface area contributed by atoms with Gasteiger partial charge >= 0.3 is 0 Å². The van der Waals surface area contributed by atoms with Crippen molar-refractivity contribution in [3.63, 3.8) is 0 Å². The molecule has 19 nitrogen and oxygen atoms in total. The first kappa shape index (κ1) is 33.7. The Kier molecular flexibility index (Phi) is 8.33. The van der Waals surface area contributed by atoms with Crippen LogP contribution in [0.4, 0.5) is 34.1 Å². The summed E-state index contributed by atoms with van der Waals surface area (Å²) < 4.78 is 100. The summed E-state index contributed by atoms with van der Waals surface area (Å²) in [5.74, 6) is -1.47. The second kappa shape index (κ2) is 11.9. The lowest BCUT2D eigenvalue weighted by Crippen LogP contribution is -2.08. The highest BCUT2D eigenvalue weighted by molar-refractivity contribution is 7.87. The molecule has 0 heterocycles. The van der Waals surface area contributed by atoms with E-state index < -0.39 is 89.3 Å². The first-order valence-corrected chi connectivity index (χ1v) is 17.0. The molecule has 5 aromatic carbocycles. The third kappa shape index (κ3) is 6.46. The maximum atomic E-state index is 12.0. The third-order valence-corrected chi connectivity index (χ3v) is 9.35. The van der Waals surface area contributed by atoms with Gasteiger partial charge in [0, 0.05) is 22.2 Å². The standard InChI is InChI=1S/C26H18N6O13S3/c27-25-23(48(43,44)45)11-22(47(40,41)42)15-4-6-20(26(34)24(15)25)31-29-18-8-7-17(14-3-2-13(10-16(14)18)46(37,38)39)28-30-19-5-1-12(32(35)36)9-21(19)33/h1-11,33-34H,27H2,(H,37,38,39)(H,40,41,42)(H,43,44,45). The van der Waals surface area contributed by atoms with E-state index >= 15 is 0 Å². The van der Waals surface area contributed by atoms with E-state index in [1.807, 2.05) is 0 Å². The van der Waals surface area contributed by atoms with Crippen molar-refractivity contribution in [1.29, 1.82) is 0 Å². The predicted octanol–water partition coefficient (Wildman–Crippen LogP) is 5.47. The van der Waals surface area contributed by atoms with Gasteiger partial charge in [0.2, 0.25) is 0 Å². The second-order valence-corrected chi connectivity index (χ2v) is 13.9. The fraction of sp³-hybridized carbons (Fsp3) is 0. The highest BCUT2D eigenvalue weighted by Gasteiger charge is 2.26. The fourth-order valence-corrected chi connectivity index (χ4v) is 6.46. The van der Waals surface area contributed by atoms with Gasteiger partial charge in [-0.25, -0.2) is 0 Å². The minimum atomic E-state index is -5.16. The number of non-ortho nitro benzene ring substituents is 1. The van der Waals surface area contributed by atoms with Crippen molar-refractivity contribution >= 4 is 86.0 Å². The Morgan fingerprint density at radius 3 is 1.69 bits per heavy atom. The molecule has 7 N–H and O–H groups in total. The Balaban J connectivity index is 1.67. The van der Waals surface area contributed by atoms with Crippen LogP contribution in [0.1, 0.15) is 0 Å². The molecule has 0 saturated heterocycles. The normalized spacial score (nSPS) is 12.8. The maximum Gasteiger partial charge on any atom is 0.296 e. The smallest absolute Gasteiger partial charge is 0.296 e. The summed E-state index contributed by atoms with van der Waals surface area (Å²) in [5.41, 5.74) is 4.06. The predicted molar refractivity (Wildman–Crippen MR) is 167 cm³/mol. The van der Waals surface area contributed by atoms with Gasteiger partial charge in [-0.2, -0.15) is 25.3 Å². The van der Waals surface area contributed by atoms with Gasteiger partial charge in [-0.3, -0.25) is 23.8 Å². The van der Waals surface area contributed by atoms with Crippen LogP contribution in [0, 0.1) is 10.1 Å². The van der Waals surface area contributed by atoms with Gasteiger partial charge in [0.15, 0.2) is 5.75 Å². The van der Waals surface area contributed by atoms with E-state index in [-0.39, 0.29) is 27.8 Å². The topological polar surface area (TPSA) is 322 Å². The molecule has 0 aliphatic carbocycles. The van der Waals surface area contributed by atoms with Gasteiger partial charge in [-0.05, 0) is 42.5 Å². The molecule has 0 aliphatic rings. The highest BCUT2D eigenvalue weighted by atomic mass is 32.2. The van der Waals surface area contributed by atoms with Gasteiger partial charge < -0.3 is 15.9 Å². The van der Waals surface area contributed by atoms with Crippen LogP contribution in [0.5, 0.6) is 11.5 Å². The number of fused-ring (bicyclic) bond motifs is 2. The number of rotatable bonds is 8. The Morgan fingerprint density at radius 1 is 0.604 bits per heavy atom. The Morgan fingerprint density at radius 2 is 1.12 bits per heavy atom. The van der Waals surface area contributed by atoms with Crippen molar-refractivity contribution in [2.24, 2.45) is 20.5 Å². The number of anilines is 1. The van der Waals surface area contributed by atoms with E-state index in [1.165, 1.54) is 18.2 Å². The van der Waals surface area contributed by atoms with Gasteiger partial charge in [0.05, 0.1) is 38.3 Å². The molecule has 248 valence electrons. The van der Waals surface area contributed by atoms with E-state index in [1.54, 1.807) is 0 Å². The molecule has 5 rings (SSSR count). The minimum Gasteiger partial charge on any atom is -0.505 e. The van der Waals surface area contributed by atoms with E-state index in [9.17, 15) is 59.2 Å². The SMILES string of the molecule is Nc1c(S(=O)(=O)O)cc(S(=O)(=O)O)c2ccc(N=Nc3ccc(N=Nc4ccc([N+](=O)[O-])cc4O)c4ccc(S(=O)(=O)O)cc34)c(O)c12. The second-order valence-electron chi connectivity index (χ2n) is 9.71. The Hall–Kier alpha value is -5.65. The van der Waals surface area contributed by atoms with Crippen molar-refractivity contribution in [2.75, 3.05) is 5.73 Å². The Labute approximate surface area is 268 Å². The number of azo groups is 2. The van der Waals surface area contributed by atoms with Crippen LogP contribution in [0.3, 0.4) is 0 Å². The quantitative estimate of drug-likeness (QED) is 0.0381. The van der Waals surface area contributed by atoms with E-state index in [4.69, 9.17) is 5.73 Å². The largest absolute Gasteiger partial charge is 0.505 e. The number of phenolic OH excluding ortho intramolecular Hbond substituents is 2. The van der Waals surface area contributed by atoms with Crippen LogP contribution in [0.2, 0.25) is 0 Å². The zero-order chi connectivity index (χ0) is 35.3. The van der Waals surface area contributed by atoms with Gasteiger partial charge in [0.1, 0.15) is 26.9 Å². The molecule has 0 radical (unpaired) electrons. The first-order valence-electron chi connectivity index (χ1n) is 12.7. The number of nitrogens with zero attached hydrogens (tertiary/aromatic N) is 5. The average molecular weight is 719 g/mol. The van der Waals surface area contributed by atoms with Crippen LogP contribution < -0.4 is 5.73 Å². The molecule has 0 unspecified atom stereocenters. The van der Waals surface area contributed by atoms with Crippen LogP contribution in [0.25, 0.3) is 21.5 Å². The monoisotopic (exact) mass is 718 g/mol. The van der Waals surface area contributed by atoms with E-state index in [2.05, 4.69) is 20.5 Å². The van der Waals surface area contributed by atoms with Crippen LogP contribution in [-0.4, -0.2) is 54.0 Å². The maximum absolute atomic E-state index is 12.0. The highest BCUT2D eigenvalue weighted by Crippen LogP contribution is 2.44. The number of hydrogen-bond donors (Lipinski definition) is 6. The molecule has 0 spiro atoms. The van der Waals surface area contributed by atoms with Gasteiger partial charge in [0.25, 0.3) is 36.0 Å². The lowest BCUT2D eigenvalue weighted by molar-refractivity contribution is -0.384. The summed E-state index contributed by atoms with van der Waals surface area (Å²) >= 11 is 0. The molecule has 0 aliphatic heterocycles. The molecule has 22 heteroatoms. The zero-order valence-corrected chi connectivity index (χ0v) is 25.8. The van der Waals surface area contributed by atoms with Crippen molar-refractivity contribution in [2.45, 2.75) is 14.7 Å². The summed E-state index contributed by atoms with van der Waals surface area (Å²) in [6, 6.07) is 11.4. The molecule has 0 saturated carbocycles. The molecular weight excluding hydrogens is 701 g/mol. The lowest BCUT2D eigenvalue weighted by atomic mass is 10.1. The molecule has 5 aromatic rings. The van der Waals surface area contributed by atoms with Crippen molar-refractivity contribution < 1.29 is 54.0 Å².